The zero-order valence-electron chi connectivity index (χ0n) is 12.6. The SMILES string of the molecule is COC(=O)CCCC(N)c1ccc2c(c1)CCC(=O)N2C. The molecule has 2 rings (SSSR count). The molecule has 0 saturated carbocycles. The highest BCUT2D eigenvalue weighted by Crippen LogP contribution is 2.30. The molecule has 1 unspecified atom stereocenters. The first kappa shape index (κ1) is 15.5. The summed E-state index contributed by atoms with van der Waals surface area (Å²) in [5, 5.41) is 0. The van der Waals surface area contributed by atoms with Crippen LogP contribution in [0, 0.1) is 0 Å². The summed E-state index contributed by atoms with van der Waals surface area (Å²) < 4.78 is 4.62. The van der Waals surface area contributed by atoms with Gasteiger partial charge in [0.05, 0.1) is 7.11 Å². The number of hydrogen-bond donors (Lipinski definition) is 1. The molecule has 1 aliphatic rings. The van der Waals surface area contributed by atoms with Crippen molar-refractivity contribution >= 4 is 17.6 Å². The van der Waals surface area contributed by atoms with Crippen molar-refractivity contribution < 1.29 is 14.3 Å². The summed E-state index contributed by atoms with van der Waals surface area (Å²) in [5.41, 5.74) is 9.38. The molecule has 0 bridgehead atoms. The molecule has 2 N–H and O–H groups in total. The lowest BCUT2D eigenvalue weighted by molar-refractivity contribution is -0.140. The van der Waals surface area contributed by atoms with Crippen LogP contribution in [0.15, 0.2) is 18.2 Å². The molecule has 0 fully saturated rings. The van der Waals surface area contributed by atoms with E-state index in [-0.39, 0.29) is 17.9 Å². The zero-order valence-corrected chi connectivity index (χ0v) is 12.6. The van der Waals surface area contributed by atoms with Crippen LogP contribution >= 0.6 is 0 Å². The average molecular weight is 290 g/mol. The van der Waals surface area contributed by atoms with Gasteiger partial charge in [-0.1, -0.05) is 12.1 Å². The maximum absolute atomic E-state index is 11.7. The number of carbonyl (C=O) groups excluding carboxylic acids is 2. The highest BCUT2D eigenvalue weighted by molar-refractivity contribution is 5.95. The van der Waals surface area contributed by atoms with Crippen LogP contribution in [-0.2, 0) is 20.7 Å². The number of nitrogens with zero attached hydrogens (tertiary/aromatic N) is 1. The van der Waals surface area contributed by atoms with Crippen molar-refractivity contribution in [3.63, 3.8) is 0 Å². The van der Waals surface area contributed by atoms with E-state index in [1.165, 1.54) is 7.11 Å². The van der Waals surface area contributed by atoms with Gasteiger partial charge in [0.2, 0.25) is 5.91 Å². The number of anilines is 1. The summed E-state index contributed by atoms with van der Waals surface area (Å²) in [7, 11) is 3.19. The molecule has 1 heterocycles. The molecule has 5 heteroatoms. The lowest BCUT2D eigenvalue weighted by Gasteiger charge is -2.26. The average Bonchev–Trinajstić information content (AvgIpc) is 2.50. The number of ether oxygens (including phenoxy) is 1. The number of aryl methyl sites for hydroxylation is 1. The largest absolute Gasteiger partial charge is 0.469 e. The number of rotatable bonds is 5. The number of methoxy groups -OCH3 is 1. The fourth-order valence-electron chi connectivity index (χ4n) is 2.64. The minimum Gasteiger partial charge on any atom is -0.469 e. The number of esters is 1. The summed E-state index contributed by atoms with van der Waals surface area (Å²) in [6, 6.07) is 5.92. The van der Waals surface area contributed by atoms with Crippen LogP contribution in [-0.4, -0.2) is 26.0 Å². The third-order valence-corrected chi connectivity index (χ3v) is 4.00. The number of carbonyl (C=O) groups is 2. The molecule has 0 spiro atoms. The van der Waals surface area contributed by atoms with Gasteiger partial charge in [-0.2, -0.15) is 0 Å². The Morgan fingerprint density at radius 3 is 2.90 bits per heavy atom. The smallest absolute Gasteiger partial charge is 0.305 e. The Labute approximate surface area is 125 Å². The monoisotopic (exact) mass is 290 g/mol. The molecular formula is C16H22N2O3. The topological polar surface area (TPSA) is 72.6 Å². The van der Waals surface area contributed by atoms with Crippen molar-refractivity contribution in [3.8, 4) is 0 Å². The number of hydrogen-bond acceptors (Lipinski definition) is 4. The fraction of sp³-hybridized carbons (Fsp3) is 0.500. The molecule has 1 aromatic rings. The maximum atomic E-state index is 11.7. The minimum absolute atomic E-state index is 0.0945. The van der Waals surface area contributed by atoms with E-state index in [0.717, 1.165) is 29.7 Å². The molecule has 5 nitrogen and oxygen atoms in total. The standard InChI is InChI=1S/C16H22N2O3/c1-18-14-8-6-11(10-12(14)7-9-15(18)19)13(17)4-3-5-16(20)21-2/h6,8,10,13H,3-5,7,9,17H2,1-2H3. The van der Waals surface area contributed by atoms with Gasteiger partial charge in [0, 0.05) is 31.6 Å². The van der Waals surface area contributed by atoms with Crippen LogP contribution in [0.4, 0.5) is 5.69 Å². The van der Waals surface area contributed by atoms with Crippen molar-refractivity contribution in [2.45, 2.75) is 38.1 Å². The van der Waals surface area contributed by atoms with Crippen molar-refractivity contribution in [1.82, 2.24) is 0 Å². The summed E-state index contributed by atoms with van der Waals surface area (Å²) in [4.78, 5) is 24.5. The summed E-state index contributed by atoms with van der Waals surface area (Å²) >= 11 is 0. The van der Waals surface area contributed by atoms with E-state index in [2.05, 4.69) is 10.8 Å². The predicted molar refractivity (Wildman–Crippen MR) is 81.0 cm³/mol. The van der Waals surface area contributed by atoms with Crippen molar-refractivity contribution in [1.29, 1.82) is 0 Å². The van der Waals surface area contributed by atoms with E-state index in [1.807, 2.05) is 12.1 Å². The van der Waals surface area contributed by atoms with Crippen LogP contribution < -0.4 is 10.6 Å². The number of nitrogens with two attached hydrogens (primary N) is 1. The molecule has 114 valence electrons. The first-order valence-electron chi connectivity index (χ1n) is 7.24. The number of benzene rings is 1. The predicted octanol–water partition coefficient (Wildman–Crippen LogP) is 1.94. The van der Waals surface area contributed by atoms with Crippen molar-refractivity contribution in [2.24, 2.45) is 5.73 Å². The summed E-state index contributed by atoms with van der Waals surface area (Å²) in [6.45, 7) is 0. The highest BCUT2D eigenvalue weighted by atomic mass is 16.5. The van der Waals surface area contributed by atoms with Gasteiger partial charge in [-0.25, -0.2) is 0 Å². The van der Waals surface area contributed by atoms with Gasteiger partial charge < -0.3 is 15.4 Å². The van der Waals surface area contributed by atoms with E-state index in [9.17, 15) is 9.59 Å². The zero-order chi connectivity index (χ0) is 15.4. The molecule has 1 amide bonds. The summed E-state index contributed by atoms with van der Waals surface area (Å²) in [5.74, 6) is -0.0506. The van der Waals surface area contributed by atoms with Crippen LogP contribution in [0.3, 0.4) is 0 Å². The van der Waals surface area contributed by atoms with E-state index >= 15 is 0 Å². The molecule has 21 heavy (non-hydrogen) atoms. The number of fused-ring (bicyclic) bond motifs is 1. The number of amides is 1. The lowest BCUT2D eigenvalue weighted by Crippen LogP contribution is -2.31. The lowest BCUT2D eigenvalue weighted by atomic mass is 9.94. The normalized spacial score (nSPS) is 15.6. The third-order valence-electron chi connectivity index (χ3n) is 4.00. The van der Waals surface area contributed by atoms with E-state index < -0.39 is 0 Å². The van der Waals surface area contributed by atoms with Crippen LogP contribution in [0.2, 0.25) is 0 Å². The van der Waals surface area contributed by atoms with Gasteiger partial charge in [0.15, 0.2) is 0 Å². The highest BCUT2D eigenvalue weighted by Gasteiger charge is 2.21. The van der Waals surface area contributed by atoms with Gasteiger partial charge in [0.1, 0.15) is 0 Å². The minimum atomic E-state index is -0.201. The molecule has 0 radical (unpaired) electrons. The van der Waals surface area contributed by atoms with Crippen LogP contribution in [0.5, 0.6) is 0 Å². The quantitative estimate of drug-likeness (QED) is 0.841. The second-order valence-corrected chi connectivity index (χ2v) is 5.42. The molecule has 1 aromatic carbocycles. The maximum Gasteiger partial charge on any atom is 0.305 e. The van der Waals surface area contributed by atoms with Crippen molar-refractivity contribution in [3.05, 3.63) is 29.3 Å². The Hall–Kier alpha value is -1.88. The Morgan fingerprint density at radius 2 is 2.19 bits per heavy atom. The van der Waals surface area contributed by atoms with Gasteiger partial charge >= 0.3 is 5.97 Å². The molecule has 0 saturated heterocycles. The first-order valence-corrected chi connectivity index (χ1v) is 7.24. The Kier molecular flexibility index (Phi) is 4.96. The molecule has 0 aromatic heterocycles. The first-order chi connectivity index (χ1) is 10.0. The van der Waals surface area contributed by atoms with E-state index in [1.54, 1.807) is 11.9 Å². The third kappa shape index (κ3) is 3.61. The Bertz CT molecular complexity index is 542. The Balaban J connectivity index is 2.01. The molecular weight excluding hydrogens is 268 g/mol. The molecule has 1 aliphatic heterocycles. The summed E-state index contributed by atoms with van der Waals surface area (Å²) in [6.07, 6.45) is 3.16. The van der Waals surface area contributed by atoms with Crippen molar-refractivity contribution in [2.75, 3.05) is 19.1 Å². The van der Waals surface area contributed by atoms with Crippen LogP contribution in [0.25, 0.3) is 0 Å². The molecule has 1 atom stereocenters. The molecule has 0 aliphatic carbocycles. The Morgan fingerprint density at radius 1 is 1.43 bits per heavy atom. The van der Waals surface area contributed by atoms with Gasteiger partial charge in [-0.05, 0) is 36.5 Å². The van der Waals surface area contributed by atoms with Crippen LogP contribution in [0.1, 0.15) is 42.9 Å². The van der Waals surface area contributed by atoms with Gasteiger partial charge in [-0.15, -0.1) is 0 Å². The van der Waals surface area contributed by atoms with E-state index in [4.69, 9.17) is 5.73 Å². The second-order valence-electron chi connectivity index (χ2n) is 5.42. The second kappa shape index (κ2) is 6.72. The van der Waals surface area contributed by atoms with Gasteiger partial charge in [-0.3, -0.25) is 9.59 Å². The van der Waals surface area contributed by atoms with Gasteiger partial charge in [0.25, 0.3) is 0 Å². The fourth-order valence-corrected chi connectivity index (χ4v) is 2.64. The van der Waals surface area contributed by atoms with E-state index in [0.29, 0.717) is 19.3 Å².